The first-order chi connectivity index (χ1) is 15.7. The lowest BCUT2D eigenvalue weighted by Gasteiger charge is -2.39. The first-order valence-corrected chi connectivity index (χ1v) is 11.7. The van der Waals surface area contributed by atoms with Gasteiger partial charge >= 0.3 is 0 Å². The van der Waals surface area contributed by atoms with Crippen LogP contribution < -0.4 is 16.8 Å². The molecule has 2 amide bonds. The van der Waals surface area contributed by atoms with E-state index in [1.54, 1.807) is 7.11 Å². The molecule has 0 fully saturated rings. The van der Waals surface area contributed by atoms with Crippen molar-refractivity contribution in [2.75, 3.05) is 40.3 Å². The number of carbonyl (C=O) groups excluding carboxylic acids is 2. The third-order valence-corrected chi connectivity index (χ3v) is 6.15. The van der Waals surface area contributed by atoms with Crippen molar-refractivity contribution in [3.63, 3.8) is 0 Å². The molecule has 0 aliphatic rings. The number of thiocarbonyl (C=S) groups is 1. The Bertz CT molecular complexity index is 732. The highest BCUT2D eigenvalue weighted by Crippen LogP contribution is 2.40. The lowest BCUT2D eigenvalue weighted by Crippen LogP contribution is -2.46. The topological polar surface area (TPSA) is 126 Å². The fraction of sp³-hybridized carbons (Fsp3) is 0.625. The van der Waals surface area contributed by atoms with Gasteiger partial charge in [0.05, 0.1) is 30.7 Å². The van der Waals surface area contributed by atoms with Crippen LogP contribution in [0.3, 0.4) is 0 Å². The molecule has 0 bridgehead atoms. The second kappa shape index (κ2) is 15.7. The largest absolute Gasteiger partial charge is 0.382 e. The molecule has 0 radical (unpaired) electrons. The van der Waals surface area contributed by atoms with Gasteiger partial charge in [0.15, 0.2) is 0 Å². The number of carbonyl (C=O) groups is 2. The van der Waals surface area contributed by atoms with Gasteiger partial charge in [0.25, 0.3) is 0 Å². The maximum Gasteiger partial charge on any atom is 0.221 e. The van der Waals surface area contributed by atoms with Gasteiger partial charge in [-0.25, -0.2) is 0 Å². The smallest absolute Gasteiger partial charge is 0.221 e. The molecule has 0 saturated heterocycles. The summed E-state index contributed by atoms with van der Waals surface area (Å²) in [4.78, 5) is 24.9. The third-order valence-electron chi connectivity index (χ3n) is 5.73. The van der Waals surface area contributed by atoms with Crippen LogP contribution in [0.4, 0.5) is 0 Å². The average molecular weight is 482 g/mol. The van der Waals surface area contributed by atoms with Gasteiger partial charge in [0, 0.05) is 26.0 Å². The van der Waals surface area contributed by atoms with Crippen molar-refractivity contribution < 1.29 is 23.8 Å². The van der Waals surface area contributed by atoms with Crippen molar-refractivity contribution in [2.45, 2.75) is 33.1 Å². The van der Waals surface area contributed by atoms with Crippen LogP contribution in [0.2, 0.25) is 0 Å². The highest BCUT2D eigenvalue weighted by atomic mass is 32.1. The number of benzene rings is 1. The number of nitrogens with two attached hydrogens (primary N) is 2. The number of primary amides is 2. The lowest BCUT2D eigenvalue weighted by molar-refractivity contribution is -0.129. The van der Waals surface area contributed by atoms with Crippen molar-refractivity contribution in [3.8, 4) is 0 Å². The van der Waals surface area contributed by atoms with E-state index < -0.39 is 17.7 Å². The molecule has 0 aromatic heterocycles. The SMILES string of the molecule is COCCOCOCCNC(=S)[C@@H](C(C)C)C(C(C)c1ccccc1)[C@@H](CC(N)=O)C(N)=O. The summed E-state index contributed by atoms with van der Waals surface area (Å²) in [6, 6.07) is 9.84. The van der Waals surface area contributed by atoms with Gasteiger partial charge in [-0.05, 0) is 23.3 Å². The molecule has 33 heavy (non-hydrogen) atoms. The third kappa shape index (κ3) is 10.2. The Hall–Kier alpha value is -2.07. The molecule has 1 rings (SSSR count). The van der Waals surface area contributed by atoms with E-state index in [2.05, 4.69) is 5.32 Å². The minimum Gasteiger partial charge on any atom is -0.382 e. The lowest BCUT2D eigenvalue weighted by atomic mass is 9.66. The van der Waals surface area contributed by atoms with Crippen molar-refractivity contribution in [3.05, 3.63) is 35.9 Å². The zero-order chi connectivity index (χ0) is 24.8. The highest BCUT2D eigenvalue weighted by Gasteiger charge is 2.41. The number of nitrogens with one attached hydrogen (secondary N) is 1. The summed E-state index contributed by atoms with van der Waals surface area (Å²) >= 11 is 5.77. The van der Waals surface area contributed by atoms with E-state index in [0.29, 0.717) is 31.4 Å². The molecule has 186 valence electrons. The number of amides is 2. The molecule has 2 unspecified atom stereocenters. The Morgan fingerprint density at radius 1 is 1.03 bits per heavy atom. The van der Waals surface area contributed by atoms with Gasteiger partial charge in [-0.3, -0.25) is 9.59 Å². The summed E-state index contributed by atoms with van der Waals surface area (Å²) in [5.41, 5.74) is 12.3. The monoisotopic (exact) mass is 481 g/mol. The quantitative estimate of drug-likeness (QED) is 0.177. The fourth-order valence-corrected chi connectivity index (χ4v) is 4.67. The molecule has 0 saturated carbocycles. The zero-order valence-corrected chi connectivity index (χ0v) is 20.9. The van der Waals surface area contributed by atoms with Gasteiger partial charge in [-0.15, -0.1) is 0 Å². The first kappa shape index (κ1) is 29.0. The van der Waals surface area contributed by atoms with Gasteiger partial charge < -0.3 is 31.0 Å². The summed E-state index contributed by atoms with van der Waals surface area (Å²) in [5.74, 6) is -2.36. The van der Waals surface area contributed by atoms with Crippen LogP contribution in [0.25, 0.3) is 0 Å². The molecule has 8 nitrogen and oxygen atoms in total. The zero-order valence-electron chi connectivity index (χ0n) is 20.1. The Labute approximate surface area is 202 Å². The molecular weight excluding hydrogens is 442 g/mol. The number of rotatable bonds is 17. The molecule has 1 aromatic rings. The predicted molar refractivity (Wildman–Crippen MR) is 132 cm³/mol. The predicted octanol–water partition coefficient (Wildman–Crippen LogP) is 2.21. The summed E-state index contributed by atoms with van der Waals surface area (Å²) in [6.07, 6.45) is -0.120. The van der Waals surface area contributed by atoms with Gasteiger partial charge in [0.1, 0.15) is 6.79 Å². The van der Waals surface area contributed by atoms with E-state index in [-0.39, 0.29) is 36.9 Å². The van der Waals surface area contributed by atoms with Crippen molar-refractivity contribution in [2.24, 2.45) is 35.1 Å². The van der Waals surface area contributed by atoms with Crippen molar-refractivity contribution >= 4 is 29.0 Å². The van der Waals surface area contributed by atoms with Crippen LogP contribution in [-0.4, -0.2) is 57.1 Å². The second-order valence-electron chi connectivity index (χ2n) is 8.44. The molecular formula is C24H39N3O5S. The maximum absolute atomic E-state index is 12.5. The summed E-state index contributed by atoms with van der Waals surface area (Å²) in [5, 5.41) is 3.26. The Balaban J connectivity index is 3.01. The molecule has 0 heterocycles. The van der Waals surface area contributed by atoms with Crippen LogP contribution in [-0.2, 0) is 23.8 Å². The molecule has 1 aromatic carbocycles. The van der Waals surface area contributed by atoms with Crippen LogP contribution >= 0.6 is 12.2 Å². The first-order valence-electron chi connectivity index (χ1n) is 11.2. The molecule has 0 aliphatic carbocycles. The summed E-state index contributed by atoms with van der Waals surface area (Å²) in [7, 11) is 1.61. The minimum absolute atomic E-state index is 0.0827. The molecule has 0 aliphatic heterocycles. The van der Waals surface area contributed by atoms with Crippen molar-refractivity contribution in [1.82, 2.24) is 5.32 Å². The maximum atomic E-state index is 12.5. The van der Waals surface area contributed by atoms with E-state index >= 15 is 0 Å². The van der Waals surface area contributed by atoms with E-state index in [1.165, 1.54) is 0 Å². The van der Waals surface area contributed by atoms with E-state index in [9.17, 15) is 9.59 Å². The van der Waals surface area contributed by atoms with Crippen molar-refractivity contribution in [1.29, 1.82) is 0 Å². The Kier molecular flexibility index (Phi) is 13.8. The fourth-order valence-electron chi connectivity index (χ4n) is 4.14. The van der Waals surface area contributed by atoms with Gasteiger partial charge in [-0.1, -0.05) is 63.3 Å². The molecule has 9 heteroatoms. The van der Waals surface area contributed by atoms with Crippen LogP contribution in [0, 0.1) is 23.7 Å². The van der Waals surface area contributed by atoms with Crippen LogP contribution in [0.5, 0.6) is 0 Å². The standard InChI is InChI=1S/C24H39N3O5S/c1-16(2)21(24(33)27-10-11-31-15-32-13-12-30-4)22(19(23(26)29)14-20(25)28)17(3)18-8-6-5-7-9-18/h5-9,16-17,19,21-22H,10-15H2,1-4H3,(H2,25,28)(H2,26,29)(H,27,33)/t17?,19-,21+,22?/m1/s1. The molecule has 5 N–H and O–H groups in total. The number of hydrogen-bond donors (Lipinski definition) is 3. The Morgan fingerprint density at radius 3 is 2.21 bits per heavy atom. The summed E-state index contributed by atoms with van der Waals surface area (Å²) in [6.45, 7) is 8.16. The molecule has 4 atom stereocenters. The van der Waals surface area contributed by atoms with Crippen LogP contribution in [0.15, 0.2) is 30.3 Å². The number of hydrogen-bond acceptors (Lipinski definition) is 6. The van der Waals surface area contributed by atoms with Gasteiger partial charge in [-0.2, -0.15) is 0 Å². The minimum atomic E-state index is -0.740. The van der Waals surface area contributed by atoms with E-state index in [0.717, 1.165) is 5.56 Å². The van der Waals surface area contributed by atoms with E-state index in [4.69, 9.17) is 37.9 Å². The van der Waals surface area contributed by atoms with Gasteiger partial charge in [0.2, 0.25) is 11.8 Å². The van der Waals surface area contributed by atoms with E-state index in [1.807, 2.05) is 51.1 Å². The Morgan fingerprint density at radius 2 is 1.67 bits per heavy atom. The normalized spacial score (nSPS) is 14.9. The molecule has 0 spiro atoms. The number of methoxy groups -OCH3 is 1. The van der Waals surface area contributed by atoms with Crippen LogP contribution in [0.1, 0.15) is 38.7 Å². The second-order valence-corrected chi connectivity index (χ2v) is 8.88. The highest BCUT2D eigenvalue weighted by molar-refractivity contribution is 7.80. The summed E-state index contributed by atoms with van der Waals surface area (Å²) < 4.78 is 15.6. The average Bonchev–Trinajstić information content (AvgIpc) is 2.77. The number of ether oxygens (including phenoxy) is 3.